The van der Waals surface area contributed by atoms with Gasteiger partial charge in [-0.1, -0.05) is 0 Å². The van der Waals surface area contributed by atoms with Gasteiger partial charge in [0.05, 0.1) is 30.9 Å². The van der Waals surface area contributed by atoms with E-state index < -0.39 is 0 Å². The SMILES string of the molecule is COc1sc(CN2C[C@@H](CO)OC[C@@H]2C)cc1Br. The van der Waals surface area contributed by atoms with Crippen molar-refractivity contribution >= 4 is 27.3 Å². The predicted molar refractivity (Wildman–Crippen MR) is 75.3 cm³/mol. The Bertz CT molecular complexity index is 399. The first kappa shape index (κ1) is 14.3. The van der Waals surface area contributed by atoms with Gasteiger partial charge >= 0.3 is 0 Å². The van der Waals surface area contributed by atoms with E-state index in [9.17, 15) is 5.11 Å². The van der Waals surface area contributed by atoms with Crippen molar-refractivity contribution in [2.45, 2.75) is 25.6 Å². The lowest BCUT2D eigenvalue weighted by Gasteiger charge is -2.37. The molecule has 4 nitrogen and oxygen atoms in total. The number of nitrogens with zero attached hydrogens (tertiary/aromatic N) is 1. The molecule has 1 aliphatic heterocycles. The summed E-state index contributed by atoms with van der Waals surface area (Å²) in [4.78, 5) is 3.59. The summed E-state index contributed by atoms with van der Waals surface area (Å²) in [5.74, 6) is 0. The summed E-state index contributed by atoms with van der Waals surface area (Å²) in [6, 6.07) is 2.47. The van der Waals surface area contributed by atoms with Gasteiger partial charge in [-0.2, -0.15) is 0 Å². The van der Waals surface area contributed by atoms with Crippen molar-refractivity contribution in [2.24, 2.45) is 0 Å². The fraction of sp³-hybridized carbons (Fsp3) is 0.667. The first-order valence-corrected chi connectivity index (χ1v) is 7.53. The smallest absolute Gasteiger partial charge is 0.188 e. The number of aliphatic hydroxyl groups is 1. The zero-order chi connectivity index (χ0) is 13.1. The monoisotopic (exact) mass is 335 g/mol. The molecule has 2 rings (SSSR count). The van der Waals surface area contributed by atoms with Gasteiger partial charge in [-0.15, -0.1) is 11.3 Å². The van der Waals surface area contributed by atoms with E-state index in [1.54, 1.807) is 18.4 Å². The molecule has 0 bridgehead atoms. The zero-order valence-electron chi connectivity index (χ0n) is 10.6. The second-order valence-corrected chi connectivity index (χ2v) is 6.42. The summed E-state index contributed by atoms with van der Waals surface area (Å²) < 4.78 is 11.8. The van der Waals surface area contributed by atoms with E-state index in [-0.39, 0.29) is 12.7 Å². The van der Waals surface area contributed by atoms with Crippen LogP contribution in [0.15, 0.2) is 10.5 Å². The van der Waals surface area contributed by atoms with Gasteiger partial charge in [0.25, 0.3) is 0 Å². The Balaban J connectivity index is 2.02. The lowest BCUT2D eigenvalue weighted by molar-refractivity contribution is -0.0802. The summed E-state index contributed by atoms with van der Waals surface area (Å²) in [5, 5.41) is 10.1. The third-order valence-corrected chi connectivity index (χ3v) is 5.02. The third kappa shape index (κ3) is 3.24. The van der Waals surface area contributed by atoms with E-state index in [1.807, 2.05) is 0 Å². The van der Waals surface area contributed by atoms with Crippen LogP contribution in [0.4, 0.5) is 0 Å². The summed E-state index contributed by atoms with van der Waals surface area (Å²) in [6.45, 7) is 4.55. The molecule has 1 fully saturated rings. The number of hydrogen-bond donors (Lipinski definition) is 1. The molecule has 0 aliphatic carbocycles. The molecule has 0 radical (unpaired) electrons. The molecule has 0 amide bonds. The minimum absolute atomic E-state index is 0.0634. The molecule has 0 spiro atoms. The highest BCUT2D eigenvalue weighted by atomic mass is 79.9. The number of rotatable bonds is 4. The highest BCUT2D eigenvalue weighted by Gasteiger charge is 2.26. The van der Waals surface area contributed by atoms with E-state index >= 15 is 0 Å². The largest absolute Gasteiger partial charge is 0.486 e. The van der Waals surface area contributed by atoms with Gasteiger partial charge in [-0.3, -0.25) is 4.90 Å². The average molecular weight is 336 g/mol. The molecule has 1 saturated heterocycles. The van der Waals surface area contributed by atoms with Crippen LogP contribution in [0.2, 0.25) is 0 Å². The summed E-state index contributed by atoms with van der Waals surface area (Å²) in [6.07, 6.45) is -0.0634. The van der Waals surface area contributed by atoms with E-state index in [2.05, 4.69) is 33.8 Å². The van der Waals surface area contributed by atoms with E-state index in [0.717, 1.165) is 22.6 Å². The second kappa shape index (κ2) is 6.34. The molecule has 0 saturated carbocycles. The molecule has 1 aliphatic rings. The van der Waals surface area contributed by atoms with Crippen LogP contribution < -0.4 is 4.74 Å². The molecule has 18 heavy (non-hydrogen) atoms. The summed E-state index contributed by atoms with van der Waals surface area (Å²) >= 11 is 5.13. The lowest BCUT2D eigenvalue weighted by Crippen LogP contribution is -2.48. The van der Waals surface area contributed by atoms with Crippen molar-refractivity contribution in [2.75, 3.05) is 26.9 Å². The van der Waals surface area contributed by atoms with Crippen molar-refractivity contribution in [3.63, 3.8) is 0 Å². The van der Waals surface area contributed by atoms with Gasteiger partial charge < -0.3 is 14.6 Å². The third-order valence-electron chi connectivity index (χ3n) is 3.09. The highest BCUT2D eigenvalue weighted by molar-refractivity contribution is 9.10. The Morgan fingerprint density at radius 3 is 3.06 bits per heavy atom. The topological polar surface area (TPSA) is 41.9 Å². The maximum Gasteiger partial charge on any atom is 0.188 e. The molecule has 1 N–H and O–H groups in total. The number of thiophene rings is 1. The molecule has 0 unspecified atom stereocenters. The fourth-order valence-electron chi connectivity index (χ4n) is 2.02. The summed E-state index contributed by atoms with van der Waals surface area (Å²) in [7, 11) is 1.68. The molecular weight excluding hydrogens is 318 g/mol. The van der Waals surface area contributed by atoms with Crippen LogP contribution in [0.3, 0.4) is 0 Å². The van der Waals surface area contributed by atoms with Gasteiger partial charge in [0, 0.05) is 24.0 Å². The Morgan fingerprint density at radius 2 is 2.44 bits per heavy atom. The maximum atomic E-state index is 9.17. The number of hydrogen-bond acceptors (Lipinski definition) is 5. The Hall–Kier alpha value is -0.140. The van der Waals surface area contributed by atoms with Gasteiger partial charge in [-0.05, 0) is 28.9 Å². The normalized spacial score (nSPS) is 25.3. The quantitative estimate of drug-likeness (QED) is 0.914. The average Bonchev–Trinajstić information content (AvgIpc) is 2.72. The Kier molecular flexibility index (Phi) is 5.03. The van der Waals surface area contributed by atoms with Gasteiger partial charge in [0.1, 0.15) is 0 Å². The maximum absolute atomic E-state index is 9.17. The minimum Gasteiger partial charge on any atom is -0.486 e. The molecule has 2 atom stereocenters. The Morgan fingerprint density at radius 1 is 1.67 bits per heavy atom. The lowest BCUT2D eigenvalue weighted by atomic mass is 10.2. The van der Waals surface area contributed by atoms with Crippen molar-refractivity contribution in [3.8, 4) is 5.06 Å². The van der Waals surface area contributed by atoms with Gasteiger partial charge in [0.2, 0.25) is 0 Å². The molecule has 2 heterocycles. The molecule has 6 heteroatoms. The number of halogens is 1. The summed E-state index contributed by atoms with van der Waals surface area (Å²) in [5.41, 5.74) is 0. The van der Waals surface area contributed by atoms with E-state index in [4.69, 9.17) is 9.47 Å². The van der Waals surface area contributed by atoms with Crippen molar-refractivity contribution in [1.82, 2.24) is 4.90 Å². The molecule has 1 aromatic heterocycles. The Labute approximate surface area is 120 Å². The first-order chi connectivity index (χ1) is 8.63. The highest BCUT2D eigenvalue weighted by Crippen LogP contribution is 2.35. The first-order valence-electron chi connectivity index (χ1n) is 5.92. The number of morpholine rings is 1. The van der Waals surface area contributed by atoms with Gasteiger partial charge in [0.15, 0.2) is 5.06 Å². The van der Waals surface area contributed by atoms with Crippen LogP contribution in [0.5, 0.6) is 5.06 Å². The molecule has 1 aromatic rings. The van der Waals surface area contributed by atoms with E-state index in [1.165, 1.54) is 4.88 Å². The molecule has 102 valence electrons. The molecular formula is C12H18BrNO3S. The fourth-order valence-corrected chi connectivity index (χ4v) is 3.74. The standard InChI is InChI=1S/C12H18BrNO3S/c1-8-7-17-9(6-15)4-14(8)5-10-3-11(13)12(16-2)18-10/h3,8-9,15H,4-7H2,1-2H3/t8-,9-/m0/s1. The van der Waals surface area contributed by atoms with Crippen LogP contribution >= 0.6 is 27.3 Å². The van der Waals surface area contributed by atoms with E-state index in [0.29, 0.717) is 12.6 Å². The minimum atomic E-state index is -0.0634. The number of methoxy groups -OCH3 is 1. The van der Waals surface area contributed by atoms with Crippen molar-refractivity contribution in [3.05, 3.63) is 15.4 Å². The van der Waals surface area contributed by atoms with Crippen LogP contribution in [0.1, 0.15) is 11.8 Å². The van der Waals surface area contributed by atoms with Gasteiger partial charge in [-0.25, -0.2) is 0 Å². The predicted octanol–water partition coefficient (Wildman–Crippen LogP) is 2.10. The molecule has 0 aromatic carbocycles. The van der Waals surface area contributed by atoms with Crippen LogP contribution in [0, 0.1) is 0 Å². The van der Waals surface area contributed by atoms with Crippen molar-refractivity contribution in [1.29, 1.82) is 0 Å². The second-order valence-electron chi connectivity index (χ2n) is 4.47. The van der Waals surface area contributed by atoms with Crippen molar-refractivity contribution < 1.29 is 14.6 Å². The van der Waals surface area contributed by atoms with Crippen LogP contribution in [-0.2, 0) is 11.3 Å². The van der Waals surface area contributed by atoms with Crippen LogP contribution in [0.25, 0.3) is 0 Å². The number of aliphatic hydroxyl groups excluding tert-OH is 1. The number of ether oxygens (including phenoxy) is 2. The zero-order valence-corrected chi connectivity index (χ0v) is 13.0. The van der Waals surface area contributed by atoms with Crippen LogP contribution in [-0.4, -0.2) is 49.0 Å².